The highest BCUT2D eigenvalue weighted by Gasteiger charge is 2.02. The molecular formula is C16H12O3. The molecule has 94 valence electrons. The van der Waals surface area contributed by atoms with Gasteiger partial charge in [0.25, 0.3) is 0 Å². The van der Waals surface area contributed by atoms with Crippen LogP contribution in [0.1, 0.15) is 15.9 Å². The highest BCUT2D eigenvalue weighted by molar-refractivity contribution is 6.06. The molecule has 0 heterocycles. The fourth-order valence-corrected chi connectivity index (χ4v) is 1.57. The maximum atomic E-state index is 11.9. The van der Waals surface area contributed by atoms with E-state index in [0.29, 0.717) is 0 Å². The van der Waals surface area contributed by atoms with E-state index >= 15 is 0 Å². The van der Waals surface area contributed by atoms with Crippen LogP contribution in [0.4, 0.5) is 0 Å². The zero-order chi connectivity index (χ0) is 13.7. The lowest BCUT2D eigenvalue weighted by Gasteiger charge is -1.92. The molecule has 1 N–H and O–H groups in total. The average molecular weight is 252 g/mol. The Balaban J connectivity index is 2.27. The fraction of sp³-hybridized carbons (Fsp3) is 0. The van der Waals surface area contributed by atoms with Gasteiger partial charge in [-0.05, 0) is 17.7 Å². The second-order valence-corrected chi connectivity index (χ2v) is 3.98. The first-order valence-electron chi connectivity index (χ1n) is 5.77. The molecule has 0 fully saturated rings. The van der Waals surface area contributed by atoms with Crippen LogP contribution >= 0.6 is 0 Å². The molecule has 0 aromatic heterocycles. The van der Waals surface area contributed by atoms with Crippen molar-refractivity contribution in [2.75, 3.05) is 0 Å². The Morgan fingerprint density at radius 2 is 1.74 bits per heavy atom. The third kappa shape index (κ3) is 3.39. The standard InChI is InChI=1S/C16H12O3/c17-14(10-9-12-5-2-1-3-6-12)13-7-4-8-15(18)16(19)11-13/h1-11H,(H,18,19)/b10-9+. The molecule has 2 aromatic rings. The predicted molar refractivity (Wildman–Crippen MR) is 74.2 cm³/mol. The van der Waals surface area contributed by atoms with E-state index < -0.39 is 5.43 Å². The van der Waals surface area contributed by atoms with Crippen molar-refractivity contribution < 1.29 is 9.90 Å². The Bertz CT molecular complexity index is 673. The highest BCUT2D eigenvalue weighted by Crippen LogP contribution is 2.05. The number of hydrogen-bond donors (Lipinski definition) is 1. The summed E-state index contributed by atoms with van der Waals surface area (Å²) in [4.78, 5) is 23.3. The largest absolute Gasteiger partial charge is 0.504 e. The van der Waals surface area contributed by atoms with E-state index in [1.54, 1.807) is 6.08 Å². The molecule has 0 aliphatic heterocycles. The minimum atomic E-state index is -0.568. The maximum Gasteiger partial charge on any atom is 0.220 e. The molecule has 0 amide bonds. The molecule has 0 unspecified atom stereocenters. The molecule has 0 atom stereocenters. The molecule has 0 radical (unpaired) electrons. The molecule has 19 heavy (non-hydrogen) atoms. The highest BCUT2D eigenvalue weighted by atomic mass is 16.3. The maximum absolute atomic E-state index is 11.9. The van der Waals surface area contributed by atoms with Gasteiger partial charge in [0.1, 0.15) is 0 Å². The Hall–Kier alpha value is -2.68. The minimum absolute atomic E-state index is 0.248. The van der Waals surface area contributed by atoms with E-state index in [4.69, 9.17) is 0 Å². The van der Waals surface area contributed by atoms with Gasteiger partial charge in [-0.3, -0.25) is 9.59 Å². The second-order valence-electron chi connectivity index (χ2n) is 3.98. The van der Waals surface area contributed by atoms with E-state index in [9.17, 15) is 14.7 Å². The van der Waals surface area contributed by atoms with Gasteiger partial charge in [0, 0.05) is 11.6 Å². The Morgan fingerprint density at radius 1 is 1.00 bits per heavy atom. The number of hydrogen-bond acceptors (Lipinski definition) is 3. The van der Waals surface area contributed by atoms with E-state index in [2.05, 4.69) is 0 Å². The summed E-state index contributed by atoms with van der Waals surface area (Å²) in [7, 11) is 0. The van der Waals surface area contributed by atoms with E-state index in [1.807, 2.05) is 30.3 Å². The fourth-order valence-electron chi connectivity index (χ4n) is 1.57. The van der Waals surface area contributed by atoms with Gasteiger partial charge in [-0.2, -0.15) is 0 Å². The van der Waals surface area contributed by atoms with Crippen molar-refractivity contribution in [3.05, 3.63) is 82.0 Å². The molecule has 0 spiro atoms. The van der Waals surface area contributed by atoms with Crippen molar-refractivity contribution in [1.82, 2.24) is 0 Å². The monoisotopic (exact) mass is 252 g/mol. The van der Waals surface area contributed by atoms with Crippen molar-refractivity contribution in [2.45, 2.75) is 0 Å². The lowest BCUT2D eigenvalue weighted by molar-refractivity contribution is 0.104. The van der Waals surface area contributed by atoms with Gasteiger partial charge in [0.05, 0.1) is 0 Å². The summed E-state index contributed by atoms with van der Waals surface area (Å²) in [6, 6.07) is 14.8. The summed E-state index contributed by atoms with van der Waals surface area (Å²) in [5, 5.41) is 9.25. The third-order valence-electron chi connectivity index (χ3n) is 2.58. The van der Waals surface area contributed by atoms with Crippen molar-refractivity contribution in [3.63, 3.8) is 0 Å². The number of allylic oxidation sites excluding steroid dienone is 1. The van der Waals surface area contributed by atoms with Crippen LogP contribution in [0.25, 0.3) is 6.08 Å². The van der Waals surface area contributed by atoms with Crippen LogP contribution in [0.5, 0.6) is 5.75 Å². The van der Waals surface area contributed by atoms with Crippen molar-refractivity contribution in [2.24, 2.45) is 0 Å². The molecule has 3 heteroatoms. The molecular weight excluding hydrogens is 240 g/mol. The Labute approximate surface area is 110 Å². The van der Waals surface area contributed by atoms with Gasteiger partial charge in [-0.15, -0.1) is 0 Å². The van der Waals surface area contributed by atoms with Crippen molar-refractivity contribution in [3.8, 4) is 5.75 Å². The molecule has 2 aromatic carbocycles. The van der Waals surface area contributed by atoms with Crippen LogP contribution in [0.3, 0.4) is 0 Å². The lowest BCUT2D eigenvalue weighted by atomic mass is 10.1. The minimum Gasteiger partial charge on any atom is -0.504 e. The number of rotatable bonds is 3. The first kappa shape index (κ1) is 12.8. The number of carbonyl (C=O) groups is 1. The molecule has 0 aliphatic carbocycles. The van der Waals surface area contributed by atoms with Crippen LogP contribution in [-0.4, -0.2) is 10.9 Å². The summed E-state index contributed by atoms with van der Waals surface area (Å²) < 4.78 is 0. The molecule has 0 saturated carbocycles. The summed E-state index contributed by atoms with van der Waals surface area (Å²) in [5.74, 6) is -0.650. The Kier molecular flexibility index (Phi) is 3.88. The first-order valence-corrected chi connectivity index (χ1v) is 5.77. The number of benzene rings is 1. The molecule has 0 aliphatic rings. The van der Waals surface area contributed by atoms with E-state index in [-0.39, 0.29) is 17.1 Å². The van der Waals surface area contributed by atoms with Gasteiger partial charge in [-0.25, -0.2) is 0 Å². The summed E-state index contributed by atoms with van der Waals surface area (Å²) in [6.45, 7) is 0. The Morgan fingerprint density at radius 3 is 2.47 bits per heavy atom. The van der Waals surface area contributed by atoms with Gasteiger partial charge >= 0.3 is 0 Å². The van der Waals surface area contributed by atoms with Crippen LogP contribution < -0.4 is 5.43 Å². The second kappa shape index (κ2) is 5.78. The van der Waals surface area contributed by atoms with E-state index in [0.717, 1.165) is 11.6 Å². The first-order chi connectivity index (χ1) is 9.16. The van der Waals surface area contributed by atoms with Gasteiger partial charge < -0.3 is 5.11 Å². The number of carbonyl (C=O) groups excluding carboxylic acids is 1. The zero-order valence-electron chi connectivity index (χ0n) is 10.1. The van der Waals surface area contributed by atoms with Crippen LogP contribution in [0, 0.1) is 0 Å². The molecule has 2 rings (SSSR count). The van der Waals surface area contributed by atoms with Crippen molar-refractivity contribution in [1.29, 1.82) is 0 Å². The summed E-state index contributed by atoms with van der Waals surface area (Å²) in [5.41, 5.74) is 0.584. The predicted octanol–water partition coefficient (Wildman–Crippen LogP) is 2.65. The van der Waals surface area contributed by atoms with Crippen molar-refractivity contribution >= 4 is 11.9 Å². The van der Waals surface area contributed by atoms with Crippen LogP contribution in [0.2, 0.25) is 0 Å². The quantitative estimate of drug-likeness (QED) is 0.675. The molecule has 0 saturated heterocycles. The summed E-state index contributed by atoms with van der Waals surface area (Å²) in [6.07, 6.45) is 3.08. The van der Waals surface area contributed by atoms with Gasteiger partial charge in [-0.1, -0.05) is 48.5 Å². The SMILES string of the molecule is O=C(/C=C/c1ccccc1)c1cccc(O)c(=O)c1. The zero-order valence-corrected chi connectivity index (χ0v) is 10.1. The number of ketones is 1. The third-order valence-corrected chi connectivity index (χ3v) is 2.58. The topological polar surface area (TPSA) is 54.4 Å². The number of aromatic hydroxyl groups is 1. The lowest BCUT2D eigenvalue weighted by Crippen LogP contribution is -1.99. The van der Waals surface area contributed by atoms with Gasteiger partial charge in [0.2, 0.25) is 5.43 Å². The molecule has 0 bridgehead atoms. The van der Waals surface area contributed by atoms with Gasteiger partial charge in [0.15, 0.2) is 11.5 Å². The smallest absolute Gasteiger partial charge is 0.220 e. The van der Waals surface area contributed by atoms with Crippen LogP contribution in [-0.2, 0) is 0 Å². The van der Waals surface area contributed by atoms with Crippen LogP contribution in [0.15, 0.2) is 65.5 Å². The normalized spacial score (nSPS) is 10.5. The average Bonchev–Trinajstić information content (AvgIpc) is 2.60. The molecule has 3 nitrogen and oxygen atoms in total. The van der Waals surface area contributed by atoms with E-state index in [1.165, 1.54) is 24.3 Å². The summed E-state index contributed by atoms with van der Waals surface area (Å²) >= 11 is 0.